The highest BCUT2D eigenvalue weighted by molar-refractivity contribution is 5.96. The van der Waals surface area contributed by atoms with Gasteiger partial charge in [0.1, 0.15) is 24.1 Å². The van der Waals surface area contributed by atoms with Gasteiger partial charge < -0.3 is 32.1 Å². The van der Waals surface area contributed by atoms with E-state index in [4.69, 9.17) is 11.5 Å². The fourth-order valence-corrected chi connectivity index (χ4v) is 3.85. The quantitative estimate of drug-likeness (QED) is 0.245. The van der Waals surface area contributed by atoms with Gasteiger partial charge in [-0.1, -0.05) is 25.7 Å². The van der Waals surface area contributed by atoms with Gasteiger partial charge in [0, 0.05) is 0 Å². The van der Waals surface area contributed by atoms with E-state index in [1.807, 2.05) is 0 Å². The van der Waals surface area contributed by atoms with Crippen LogP contribution in [-0.2, 0) is 9.59 Å². The van der Waals surface area contributed by atoms with E-state index in [0.29, 0.717) is 12.3 Å². The minimum absolute atomic E-state index is 0.0144. The molecule has 0 bridgehead atoms. The number of carboxylic acids is 1. The standard InChI is InChI=1S/C19H28N8O5/c20-14-13(16(29)27-18(21)26-14)25-19(32)23-10-5-6-11(22-8-10)15(28)24-12(17(30)31)7-9-3-1-2-4-9/h5-6,8-9,12-14,18,26H,1-4,7,20-21H2,(H,24,28)(H,27,29)(H,30,31)(H2,23,25,32)/t12-,13?,14?,18?/m0/s1. The molecule has 4 amide bonds. The Morgan fingerprint density at radius 2 is 1.94 bits per heavy atom. The SMILES string of the molecule is NC1NC(=O)C(NC(=O)Nc2ccc(C(=O)N[C@@H](CC3CCCC3)C(=O)O)nc2)C(N)N1. The summed E-state index contributed by atoms with van der Waals surface area (Å²) in [5.74, 6) is -1.94. The molecule has 13 nitrogen and oxygen atoms in total. The van der Waals surface area contributed by atoms with Gasteiger partial charge >= 0.3 is 12.0 Å². The maximum Gasteiger partial charge on any atom is 0.326 e. The normalized spacial score (nSPS) is 24.3. The summed E-state index contributed by atoms with van der Waals surface area (Å²) in [5.41, 5.74) is 11.6. The lowest BCUT2D eigenvalue weighted by molar-refractivity contribution is -0.139. The molecule has 0 radical (unpaired) electrons. The number of carbonyl (C=O) groups is 4. The number of carbonyl (C=O) groups excluding carboxylic acids is 3. The highest BCUT2D eigenvalue weighted by Crippen LogP contribution is 2.28. The van der Waals surface area contributed by atoms with Gasteiger partial charge in [0.25, 0.3) is 5.91 Å². The largest absolute Gasteiger partial charge is 0.480 e. The number of carboxylic acid groups (broad SMARTS) is 1. The molecule has 13 heteroatoms. The fraction of sp³-hybridized carbons (Fsp3) is 0.526. The van der Waals surface area contributed by atoms with Crippen LogP contribution >= 0.6 is 0 Å². The number of amides is 4. The van der Waals surface area contributed by atoms with E-state index in [1.54, 1.807) is 0 Å². The summed E-state index contributed by atoms with van der Waals surface area (Å²) in [6.07, 6.45) is 4.05. The van der Waals surface area contributed by atoms with E-state index >= 15 is 0 Å². The molecule has 2 fully saturated rings. The van der Waals surface area contributed by atoms with E-state index < -0.39 is 48.4 Å². The van der Waals surface area contributed by atoms with Crippen LogP contribution in [0.3, 0.4) is 0 Å². The van der Waals surface area contributed by atoms with E-state index in [0.717, 1.165) is 25.7 Å². The average molecular weight is 448 g/mol. The number of aliphatic carboxylic acids is 1. The molecule has 3 rings (SSSR count). The van der Waals surface area contributed by atoms with Gasteiger partial charge in [-0.05, 0) is 24.5 Å². The van der Waals surface area contributed by atoms with Gasteiger partial charge in [-0.25, -0.2) is 14.6 Å². The molecule has 4 atom stereocenters. The maximum atomic E-state index is 12.4. The van der Waals surface area contributed by atoms with Gasteiger partial charge in [-0.3, -0.25) is 20.6 Å². The Bertz CT molecular complexity index is 858. The zero-order chi connectivity index (χ0) is 23.3. The second-order valence-electron chi connectivity index (χ2n) is 7.94. The van der Waals surface area contributed by atoms with Crippen molar-refractivity contribution in [1.82, 2.24) is 26.3 Å². The Morgan fingerprint density at radius 3 is 2.53 bits per heavy atom. The highest BCUT2D eigenvalue weighted by atomic mass is 16.4. The van der Waals surface area contributed by atoms with Crippen molar-refractivity contribution in [2.45, 2.75) is 56.6 Å². The maximum absolute atomic E-state index is 12.4. The molecule has 1 saturated carbocycles. The molecule has 174 valence electrons. The molecular formula is C19H28N8O5. The Hall–Kier alpha value is -3.29. The van der Waals surface area contributed by atoms with Crippen LogP contribution in [0.2, 0.25) is 0 Å². The lowest BCUT2D eigenvalue weighted by Gasteiger charge is -2.33. The van der Waals surface area contributed by atoms with Gasteiger partial charge in [-0.2, -0.15) is 0 Å². The van der Waals surface area contributed by atoms with Crippen molar-refractivity contribution in [2.24, 2.45) is 17.4 Å². The zero-order valence-electron chi connectivity index (χ0n) is 17.3. The Balaban J connectivity index is 1.53. The number of rotatable bonds is 7. The van der Waals surface area contributed by atoms with Crippen molar-refractivity contribution in [3.8, 4) is 0 Å². The fourth-order valence-electron chi connectivity index (χ4n) is 3.85. The van der Waals surface area contributed by atoms with E-state index in [2.05, 4.69) is 31.6 Å². The minimum atomic E-state index is -1.08. The van der Waals surface area contributed by atoms with Crippen LogP contribution in [0.15, 0.2) is 18.3 Å². The molecule has 0 spiro atoms. The lowest BCUT2D eigenvalue weighted by atomic mass is 9.98. The number of nitrogens with zero attached hydrogens (tertiary/aromatic N) is 1. The number of anilines is 1. The van der Waals surface area contributed by atoms with Crippen LogP contribution in [0, 0.1) is 5.92 Å². The van der Waals surface area contributed by atoms with Crippen LogP contribution in [0.1, 0.15) is 42.6 Å². The first-order chi connectivity index (χ1) is 15.2. The lowest BCUT2D eigenvalue weighted by Crippen LogP contribution is -2.73. The molecule has 1 aliphatic carbocycles. The molecule has 1 aliphatic heterocycles. The monoisotopic (exact) mass is 448 g/mol. The molecule has 32 heavy (non-hydrogen) atoms. The molecule has 2 aliphatic rings. The second-order valence-corrected chi connectivity index (χ2v) is 7.94. The van der Waals surface area contributed by atoms with Gasteiger partial charge in [-0.15, -0.1) is 0 Å². The van der Waals surface area contributed by atoms with Gasteiger partial charge in [0.2, 0.25) is 5.91 Å². The topological polar surface area (TPSA) is 214 Å². The van der Waals surface area contributed by atoms with Crippen molar-refractivity contribution < 1.29 is 24.3 Å². The van der Waals surface area contributed by atoms with Crippen molar-refractivity contribution in [2.75, 3.05) is 5.32 Å². The molecule has 1 aromatic rings. The number of pyridine rings is 1. The summed E-state index contributed by atoms with van der Waals surface area (Å²) in [7, 11) is 0. The minimum Gasteiger partial charge on any atom is -0.480 e. The number of urea groups is 1. The number of nitrogens with one attached hydrogen (secondary N) is 5. The van der Waals surface area contributed by atoms with E-state index in [9.17, 15) is 24.3 Å². The molecule has 2 heterocycles. The predicted molar refractivity (Wildman–Crippen MR) is 113 cm³/mol. The Morgan fingerprint density at radius 1 is 1.22 bits per heavy atom. The van der Waals surface area contributed by atoms with Crippen LogP contribution < -0.4 is 38.1 Å². The summed E-state index contributed by atoms with van der Waals surface area (Å²) >= 11 is 0. The van der Waals surface area contributed by atoms with Crippen molar-refractivity contribution in [3.05, 3.63) is 24.0 Å². The first-order valence-corrected chi connectivity index (χ1v) is 10.4. The smallest absolute Gasteiger partial charge is 0.326 e. The summed E-state index contributed by atoms with van der Waals surface area (Å²) < 4.78 is 0. The van der Waals surface area contributed by atoms with Gasteiger partial charge in [0.15, 0.2) is 0 Å². The first-order valence-electron chi connectivity index (χ1n) is 10.4. The third-order valence-electron chi connectivity index (χ3n) is 5.50. The third kappa shape index (κ3) is 6.12. The molecule has 10 N–H and O–H groups in total. The van der Waals surface area contributed by atoms with Crippen LogP contribution in [0.5, 0.6) is 0 Å². The number of hydrogen-bond acceptors (Lipinski definition) is 8. The van der Waals surface area contributed by atoms with Crippen LogP contribution in [0.4, 0.5) is 10.5 Å². The Kier molecular flexibility index (Phi) is 7.56. The molecule has 3 unspecified atom stereocenters. The van der Waals surface area contributed by atoms with Crippen molar-refractivity contribution in [1.29, 1.82) is 0 Å². The highest BCUT2D eigenvalue weighted by Gasteiger charge is 2.33. The Labute approximate surface area is 184 Å². The number of hydrogen-bond donors (Lipinski definition) is 8. The molecule has 1 aromatic heterocycles. The average Bonchev–Trinajstić information content (AvgIpc) is 3.24. The number of aromatic nitrogens is 1. The summed E-state index contributed by atoms with van der Waals surface area (Å²) in [6.45, 7) is 0. The summed E-state index contributed by atoms with van der Waals surface area (Å²) in [6, 6.07) is 0.0612. The summed E-state index contributed by atoms with van der Waals surface area (Å²) in [5, 5.41) is 21.9. The van der Waals surface area contributed by atoms with Crippen LogP contribution in [0.25, 0.3) is 0 Å². The van der Waals surface area contributed by atoms with Gasteiger partial charge in [0.05, 0.1) is 18.1 Å². The molecular weight excluding hydrogens is 420 g/mol. The van der Waals surface area contributed by atoms with Crippen LogP contribution in [-0.4, -0.2) is 58.4 Å². The predicted octanol–water partition coefficient (Wildman–Crippen LogP) is -1.42. The van der Waals surface area contributed by atoms with E-state index in [-0.39, 0.29) is 11.4 Å². The third-order valence-corrected chi connectivity index (χ3v) is 5.50. The van der Waals surface area contributed by atoms with Crippen molar-refractivity contribution >= 4 is 29.5 Å². The first kappa shape index (κ1) is 23.4. The second kappa shape index (κ2) is 10.3. The molecule has 0 aromatic carbocycles. The van der Waals surface area contributed by atoms with Crippen molar-refractivity contribution in [3.63, 3.8) is 0 Å². The van der Waals surface area contributed by atoms with E-state index in [1.165, 1.54) is 18.3 Å². The zero-order valence-corrected chi connectivity index (χ0v) is 17.3. The number of nitrogens with two attached hydrogens (primary N) is 2. The summed E-state index contributed by atoms with van der Waals surface area (Å²) in [4.78, 5) is 52.0. The molecule has 1 saturated heterocycles.